The van der Waals surface area contributed by atoms with Crippen LogP contribution < -0.4 is 0 Å². The van der Waals surface area contributed by atoms with Gasteiger partial charge in [-0.25, -0.2) is 0 Å². The predicted molar refractivity (Wildman–Crippen MR) is 60.8 cm³/mol. The minimum Gasteiger partial charge on any atom is -0.506 e. The van der Waals surface area contributed by atoms with Gasteiger partial charge in [-0.2, -0.15) is 0 Å². The molecule has 0 fully saturated rings. The molecule has 78 valence electrons. The Kier molecular flexibility index (Phi) is 1.71. The Labute approximate surface area is 90.1 Å². The summed E-state index contributed by atoms with van der Waals surface area (Å²) < 4.78 is 5.54. The first-order chi connectivity index (χ1) is 7.81. The zero-order valence-electron chi connectivity index (χ0n) is 8.18. The molecule has 1 aromatic heterocycles. The van der Waals surface area contributed by atoms with Gasteiger partial charge in [-0.1, -0.05) is 18.2 Å². The molecule has 0 saturated carbocycles. The highest BCUT2D eigenvalue weighted by molar-refractivity contribution is 6.11. The van der Waals surface area contributed by atoms with Gasteiger partial charge in [-0.15, -0.1) is 4.91 Å². The second-order valence-electron chi connectivity index (χ2n) is 3.50. The van der Waals surface area contributed by atoms with E-state index in [0.717, 1.165) is 5.39 Å². The zero-order valence-corrected chi connectivity index (χ0v) is 8.18. The van der Waals surface area contributed by atoms with E-state index < -0.39 is 0 Å². The first kappa shape index (κ1) is 8.91. The second kappa shape index (κ2) is 3.06. The Hall–Kier alpha value is -2.36. The minimum atomic E-state index is -0.131. The molecule has 0 spiro atoms. The van der Waals surface area contributed by atoms with Crippen molar-refractivity contribution in [1.29, 1.82) is 0 Å². The maximum absolute atomic E-state index is 10.7. The first-order valence-electron chi connectivity index (χ1n) is 4.78. The number of rotatable bonds is 1. The van der Waals surface area contributed by atoms with Crippen molar-refractivity contribution in [3.8, 4) is 5.75 Å². The van der Waals surface area contributed by atoms with Crippen molar-refractivity contribution in [3.63, 3.8) is 0 Å². The third kappa shape index (κ3) is 1.04. The lowest BCUT2D eigenvalue weighted by atomic mass is 10.1. The molecule has 0 unspecified atom stereocenters. The summed E-state index contributed by atoms with van der Waals surface area (Å²) in [6.07, 6.45) is 0. The van der Waals surface area contributed by atoms with Crippen LogP contribution in [0, 0.1) is 4.91 Å². The van der Waals surface area contributed by atoms with Gasteiger partial charge in [-0.3, -0.25) is 0 Å². The number of para-hydroxylation sites is 1. The number of benzene rings is 2. The van der Waals surface area contributed by atoms with Crippen LogP contribution in [0.4, 0.5) is 5.69 Å². The predicted octanol–water partition coefficient (Wildman–Crippen LogP) is 3.69. The van der Waals surface area contributed by atoms with Crippen LogP contribution in [-0.4, -0.2) is 5.11 Å². The van der Waals surface area contributed by atoms with Gasteiger partial charge in [0, 0.05) is 5.39 Å². The van der Waals surface area contributed by atoms with Gasteiger partial charge in [0.25, 0.3) is 0 Å². The monoisotopic (exact) mass is 213 g/mol. The van der Waals surface area contributed by atoms with E-state index in [0.29, 0.717) is 16.6 Å². The Morgan fingerprint density at radius 3 is 2.69 bits per heavy atom. The van der Waals surface area contributed by atoms with Crippen LogP contribution in [0.15, 0.2) is 46.0 Å². The van der Waals surface area contributed by atoms with Crippen molar-refractivity contribution in [1.82, 2.24) is 0 Å². The van der Waals surface area contributed by atoms with E-state index in [1.54, 1.807) is 12.1 Å². The number of phenols is 1. The van der Waals surface area contributed by atoms with Crippen molar-refractivity contribution in [3.05, 3.63) is 41.3 Å². The highest BCUT2D eigenvalue weighted by atomic mass is 16.3. The molecule has 0 bridgehead atoms. The lowest BCUT2D eigenvalue weighted by Crippen LogP contribution is -1.70. The van der Waals surface area contributed by atoms with Gasteiger partial charge in [0.15, 0.2) is 5.69 Å². The molecule has 1 N–H and O–H groups in total. The van der Waals surface area contributed by atoms with Crippen LogP contribution >= 0.6 is 0 Å². The van der Waals surface area contributed by atoms with Crippen molar-refractivity contribution in [2.75, 3.05) is 0 Å². The molecule has 0 atom stereocenters. The fraction of sp³-hybridized carbons (Fsp3) is 0. The van der Waals surface area contributed by atoms with Crippen LogP contribution in [0.2, 0.25) is 0 Å². The average molecular weight is 213 g/mol. The fourth-order valence-corrected chi connectivity index (χ4v) is 1.88. The number of aromatic hydroxyl groups is 1. The molecule has 2 aromatic carbocycles. The van der Waals surface area contributed by atoms with Gasteiger partial charge in [0.05, 0.1) is 5.39 Å². The summed E-state index contributed by atoms with van der Waals surface area (Å²) in [6.45, 7) is 0. The summed E-state index contributed by atoms with van der Waals surface area (Å²) >= 11 is 0. The first-order valence-corrected chi connectivity index (χ1v) is 4.78. The molecule has 3 aromatic rings. The van der Waals surface area contributed by atoms with Crippen molar-refractivity contribution < 1.29 is 9.52 Å². The van der Waals surface area contributed by atoms with Crippen LogP contribution in [0.1, 0.15) is 0 Å². The summed E-state index contributed by atoms with van der Waals surface area (Å²) in [5.41, 5.74) is 1.25. The molecule has 0 amide bonds. The van der Waals surface area contributed by atoms with Crippen LogP contribution in [0.3, 0.4) is 0 Å². The van der Waals surface area contributed by atoms with E-state index in [-0.39, 0.29) is 11.4 Å². The SMILES string of the molecule is O=Nc1c(O)ccc2oc3ccccc3c12. The number of hydrogen-bond donors (Lipinski definition) is 1. The van der Waals surface area contributed by atoms with E-state index in [2.05, 4.69) is 5.18 Å². The normalized spacial score (nSPS) is 11.0. The van der Waals surface area contributed by atoms with Crippen molar-refractivity contribution >= 4 is 27.6 Å². The number of hydrogen-bond acceptors (Lipinski definition) is 4. The van der Waals surface area contributed by atoms with Crippen molar-refractivity contribution in [2.24, 2.45) is 5.18 Å². The third-order valence-electron chi connectivity index (χ3n) is 2.59. The third-order valence-corrected chi connectivity index (χ3v) is 2.59. The van der Waals surface area contributed by atoms with E-state index >= 15 is 0 Å². The number of fused-ring (bicyclic) bond motifs is 3. The van der Waals surface area contributed by atoms with Gasteiger partial charge >= 0.3 is 0 Å². The largest absolute Gasteiger partial charge is 0.506 e. The van der Waals surface area contributed by atoms with Gasteiger partial charge < -0.3 is 9.52 Å². The highest BCUT2D eigenvalue weighted by Gasteiger charge is 2.14. The van der Waals surface area contributed by atoms with Crippen molar-refractivity contribution in [2.45, 2.75) is 0 Å². The Morgan fingerprint density at radius 1 is 1.06 bits per heavy atom. The Bertz CT molecular complexity index is 700. The maximum atomic E-state index is 10.7. The van der Waals surface area contributed by atoms with Gasteiger partial charge in [0.2, 0.25) is 0 Å². The standard InChI is InChI=1S/C12H7NO3/c14-8-5-6-10-11(12(8)13-15)7-3-1-2-4-9(7)16-10/h1-6,14H. The molecule has 3 rings (SSSR count). The molecule has 0 aliphatic rings. The quantitative estimate of drug-likeness (QED) is 0.627. The van der Waals surface area contributed by atoms with E-state index in [4.69, 9.17) is 4.42 Å². The highest BCUT2D eigenvalue weighted by Crippen LogP contribution is 2.40. The average Bonchev–Trinajstić information content (AvgIpc) is 2.68. The van der Waals surface area contributed by atoms with Gasteiger partial charge in [0.1, 0.15) is 16.9 Å². The summed E-state index contributed by atoms with van der Waals surface area (Å²) in [6, 6.07) is 10.4. The smallest absolute Gasteiger partial charge is 0.161 e. The molecular weight excluding hydrogens is 206 g/mol. The minimum absolute atomic E-state index is 0.0300. The Balaban J connectivity index is 2.62. The fourth-order valence-electron chi connectivity index (χ4n) is 1.88. The topological polar surface area (TPSA) is 62.8 Å². The molecule has 0 radical (unpaired) electrons. The molecule has 1 heterocycles. The molecule has 4 nitrogen and oxygen atoms in total. The Morgan fingerprint density at radius 2 is 1.88 bits per heavy atom. The van der Waals surface area contributed by atoms with Crippen LogP contribution in [-0.2, 0) is 0 Å². The van der Waals surface area contributed by atoms with E-state index in [1.807, 2.05) is 18.2 Å². The van der Waals surface area contributed by atoms with E-state index in [1.165, 1.54) is 6.07 Å². The van der Waals surface area contributed by atoms with E-state index in [9.17, 15) is 10.0 Å². The number of nitrogens with zero attached hydrogens (tertiary/aromatic N) is 1. The van der Waals surface area contributed by atoms with Crippen LogP contribution in [0.5, 0.6) is 5.75 Å². The summed E-state index contributed by atoms with van der Waals surface area (Å²) in [5, 5.41) is 13.8. The number of nitroso groups, excluding NO2 is 1. The molecular formula is C12H7NO3. The summed E-state index contributed by atoms with van der Waals surface area (Å²) in [4.78, 5) is 10.7. The summed E-state index contributed by atoms with van der Waals surface area (Å²) in [5.74, 6) is -0.131. The molecule has 0 saturated heterocycles. The molecule has 4 heteroatoms. The lowest BCUT2D eigenvalue weighted by Gasteiger charge is -1.96. The maximum Gasteiger partial charge on any atom is 0.161 e. The zero-order chi connectivity index (χ0) is 11.1. The number of phenolic OH excluding ortho intramolecular Hbond substituents is 1. The lowest BCUT2D eigenvalue weighted by molar-refractivity contribution is 0.477. The molecule has 16 heavy (non-hydrogen) atoms. The summed E-state index contributed by atoms with van der Waals surface area (Å²) in [7, 11) is 0. The number of furan rings is 1. The molecule has 0 aliphatic heterocycles. The second-order valence-corrected chi connectivity index (χ2v) is 3.50. The van der Waals surface area contributed by atoms with Crippen LogP contribution in [0.25, 0.3) is 21.9 Å². The molecule has 0 aliphatic carbocycles. The van der Waals surface area contributed by atoms with Gasteiger partial charge in [-0.05, 0) is 23.4 Å².